The molecule has 8 nitrogen and oxygen atoms in total. The third kappa shape index (κ3) is 4.12. The molecule has 4 aromatic heterocycles. The van der Waals surface area contributed by atoms with Gasteiger partial charge in [-0.2, -0.15) is 5.10 Å². The van der Waals surface area contributed by atoms with Crippen molar-refractivity contribution in [1.82, 2.24) is 29.9 Å². The Labute approximate surface area is 205 Å². The number of imidazole rings is 1. The van der Waals surface area contributed by atoms with Gasteiger partial charge in [0.25, 0.3) is 11.5 Å². The molecule has 0 aliphatic heterocycles. The number of pyridine rings is 1. The Hall–Kier alpha value is -3.85. The van der Waals surface area contributed by atoms with E-state index in [-0.39, 0.29) is 23.4 Å². The fourth-order valence-corrected chi connectivity index (χ4v) is 5.73. The van der Waals surface area contributed by atoms with Crippen molar-refractivity contribution in [1.29, 1.82) is 0 Å². The molecule has 0 bridgehead atoms. The minimum Gasteiger partial charge on any atom is -0.348 e. The van der Waals surface area contributed by atoms with E-state index in [0.717, 1.165) is 57.9 Å². The molecule has 1 amide bonds. The fraction of sp³-hybridized carbons (Fsp3) is 0.269. The molecule has 0 spiro atoms. The lowest BCUT2D eigenvalue weighted by Gasteiger charge is -2.29. The van der Waals surface area contributed by atoms with Crippen LogP contribution in [0.15, 0.2) is 59.8 Å². The first kappa shape index (κ1) is 21.7. The molecule has 1 aliphatic carbocycles. The van der Waals surface area contributed by atoms with Crippen molar-refractivity contribution in [2.45, 2.75) is 44.6 Å². The number of H-pyrrole nitrogens is 1. The highest BCUT2D eigenvalue weighted by molar-refractivity contribution is 7.15. The molecule has 0 radical (unpaired) electrons. The monoisotopic (exact) mass is 484 g/mol. The zero-order valence-corrected chi connectivity index (χ0v) is 20.0. The standard InChI is InChI=1S/C26H24N6O2S/c1-15-27-13-22(35-15)17-10-11-32-14-21(29-23(32)12-17)26(34)28-18-8-6-16(7-9-18)24-19-4-2-3-5-20(19)25(33)31-30-24/h2-5,10-14,16,18H,6-9H2,1H3,(H,28,34)(H,31,33)/t16-,18-. The maximum Gasteiger partial charge on any atom is 0.272 e. The first-order chi connectivity index (χ1) is 17.0. The van der Waals surface area contributed by atoms with Crippen molar-refractivity contribution in [3.63, 3.8) is 0 Å². The van der Waals surface area contributed by atoms with E-state index in [1.807, 2.05) is 60.1 Å². The Kier molecular flexibility index (Phi) is 5.41. The molecule has 1 fully saturated rings. The molecular weight excluding hydrogens is 460 g/mol. The van der Waals surface area contributed by atoms with Crippen LogP contribution in [-0.2, 0) is 0 Å². The van der Waals surface area contributed by atoms with Gasteiger partial charge in [0, 0.05) is 35.9 Å². The van der Waals surface area contributed by atoms with Gasteiger partial charge in [-0.25, -0.2) is 15.1 Å². The average Bonchev–Trinajstić information content (AvgIpc) is 3.51. The lowest BCUT2D eigenvalue weighted by Crippen LogP contribution is -2.37. The van der Waals surface area contributed by atoms with Crippen LogP contribution in [0, 0.1) is 6.92 Å². The summed E-state index contributed by atoms with van der Waals surface area (Å²) < 4.78 is 1.87. The van der Waals surface area contributed by atoms with Gasteiger partial charge in [-0.3, -0.25) is 9.59 Å². The number of nitrogens with one attached hydrogen (secondary N) is 2. The number of benzene rings is 1. The van der Waals surface area contributed by atoms with E-state index in [4.69, 9.17) is 0 Å². The van der Waals surface area contributed by atoms with Crippen LogP contribution in [0.5, 0.6) is 0 Å². The van der Waals surface area contributed by atoms with Gasteiger partial charge in [0.15, 0.2) is 0 Å². The summed E-state index contributed by atoms with van der Waals surface area (Å²) in [5.74, 6) is 0.105. The number of carbonyl (C=O) groups is 1. The Morgan fingerprint density at radius 3 is 2.71 bits per heavy atom. The number of aryl methyl sites for hydroxylation is 1. The molecule has 1 aliphatic rings. The van der Waals surface area contributed by atoms with Crippen molar-refractivity contribution in [3.05, 3.63) is 81.7 Å². The molecule has 0 saturated heterocycles. The van der Waals surface area contributed by atoms with Crippen LogP contribution in [0.25, 0.3) is 26.9 Å². The van der Waals surface area contributed by atoms with Gasteiger partial charge in [0.05, 0.1) is 21.0 Å². The summed E-state index contributed by atoms with van der Waals surface area (Å²) in [6.45, 7) is 1.98. The van der Waals surface area contributed by atoms with Gasteiger partial charge in [0.2, 0.25) is 0 Å². The molecular formula is C26H24N6O2S. The predicted molar refractivity (Wildman–Crippen MR) is 136 cm³/mol. The van der Waals surface area contributed by atoms with Crippen LogP contribution in [0.1, 0.15) is 52.8 Å². The van der Waals surface area contributed by atoms with E-state index in [9.17, 15) is 9.59 Å². The molecule has 2 N–H and O–H groups in total. The fourth-order valence-electron chi connectivity index (χ4n) is 4.96. The topological polar surface area (TPSA) is 105 Å². The minimum absolute atomic E-state index is 0.0910. The van der Waals surface area contributed by atoms with Crippen LogP contribution in [-0.4, -0.2) is 36.5 Å². The summed E-state index contributed by atoms with van der Waals surface area (Å²) in [7, 11) is 0. The molecule has 35 heavy (non-hydrogen) atoms. The maximum absolute atomic E-state index is 13.0. The summed E-state index contributed by atoms with van der Waals surface area (Å²) >= 11 is 1.64. The van der Waals surface area contributed by atoms with Gasteiger partial charge in [-0.15, -0.1) is 11.3 Å². The van der Waals surface area contributed by atoms with Gasteiger partial charge < -0.3 is 9.72 Å². The first-order valence-corrected chi connectivity index (χ1v) is 12.6. The second-order valence-corrected chi connectivity index (χ2v) is 10.3. The van der Waals surface area contributed by atoms with Crippen LogP contribution in [0.3, 0.4) is 0 Å². The van der Waals surface area contributed by atoms with E-state index >= 15 is 0 Å². The summed E-state index contributed by atoms with van der Waals surface area (Å²) in [5.41, 5.74) is 2.98. The number of amides is 1. The minimum atomic E-state index is -0.160. The molecule has 5 aromatic rings. The van der Waals surface area contributed by atoms with Gasteiger partial charge >= 0.3 is 0 Å². The number of hydrogen-bond acceptors (Lipinski definition) is 6. The number of aromatic amines is 1. The summed E-state index contributed by atoms with van der Waals surface area (Å²) in [5, 5.41) is 12.8. The molecule has 1 aromatic carbocycles. The van der Waals surface area contributed by atoms with Crippen molar-refractivity contribution in [3.8, 4) is 10.4 Å². The largest absolute Gasteiger partial charge is 0.348 e. The van der Waals surface area contributed by atoms with Crippen LogP contribution < -0.4 is 10.9 Å². The summed E-state index contributed by atoms with van der Waals surface area (Å²) in [6, 6.07) is 11.7. The van der Waals surface area contributed by atoms with E-state index < -0.39 is 0 Å². The number of nitrogens with zero attached hydrogens (tertiary/aromatic N) is 4. The number of thiazole rings is 1. The molecule has 1 saturated carbocycles. The van der Waals surface area contributed by atoms with Crippen LogP contribution in [0.2, 0.25) is 0 Å². The third-order valence-corrected chi connectivity index (χ3v) is 7.74. The molecule has 4 heterocycles. The summed E-state index contributed by atoms with van der Waals surface area (Å²) in [6.07, 6.45) is 9.07. The maximum atomic E-state index is 13.0. The Bertz CT molecular complexity index is 1610. The van der Waals surface area contributed by atoms with E-state index in [1.165, 1.54) is 0 Å². The quantitative estimate of drug-likeness (QED) is 0.392. The highest BCUT2D eigenvalue weighted by Crippen LogP contribution is 2.34. The van der Waals surface area contributed by atoms with Gasteiger partial charge in [0.1, 0.15) is 11.3 Å². The Morgan fingerprint density at radius 1 is 1.14 bits per heavy atom. The highest BCUT2D eigenvalue weighted by atomic mass is 32.1. The average molecular weight is 485 g/mol. The number of aromatic nitrogens is 5. The normalized spacial score (nSPS) is 18.2. The van der Waals surface area contributed by atoms with Crippen molar-refractivity contribution < 1.29 is 4.79 Å². The number of hydrogen-bond donors (Lipinski definition) is 2. The number of carbonyl (C=O) groups excluding carboxylic acids is 1. The van der Waals surface area contributed by atoms with E-state index in [1.54, 1.807) is 17.5 Å². The third-order valence-electron chi connectivity index (χ3n) is 6.77. The first-order valence-electron chi connectivity index (χ1n) is 11.7. The van der Waals surface area contributed by atoms with Crippen molar-refractivity contribution in [2.24, 2.45) is 0 Å². The Balaban J connectivity index is 1.14. The Morgan fingerprint density at radius 2 is 1.94 bits per heavy atom. The van der Waals surface area contributed by atoms with Crippen molar-refractivity contribution >= 4 is 33.7 Å². The second-order valence-electron chi connectivity index (χ2n) is 9.06. The highest BCUT2D eigenvalue weighted by Gasteiger charge is 2.27. The smallest absolute Gasteiger partial charge is 0.272 e. The summed E-state index contributed by atoms with van der Waals surface area (Å²) in [4.78, 5) is 35.0. The zero-order valence-electron chi connectivity index (χ0n) is 19.2. The SMILES string of the molecule is Cc1ncc(-c2ccn3cc(C(=O)N[C@H]4CC[C@H](c5n[nH]c(=O)c6ccccc65)CC4)nc3c2)s1. The van der Waals surface area contributed by atoms with Gasteiger partial charge in [-0.1, -0.05) is 18.2 Å². The molecule has 6 rings (SSSR count). The second kappa shape index (κ2) is 8.74. The zero-order chi connectivity index (χ0) is 23.9. The van der Waals surface area contributed by atoms with Crippen molar-refractivity contribution in [2.75, 3.05) is 0 Å². The van der Waals surface area contributed by atoms with E-state index in [2.05, 4.69) is 25.5 Å². The van der Waals surface area contributed by atoms with E-state index in [0.29, 0.717) is 11.1 Å². The predicted octanol–water partition coefficient (Wildman–Crippen LogP) is 4.46. The molecule has 0 unspecified atom stereocenters. The lowest BCUT2D eigenvalue weighted by molar-refractivity contribution is 0.0921. The molecule has 176 valence electrons. The number of fused-ring (bicyclic) bond motifs is 2. The number of rotatable bonds is 4. The lowest BCUT2D eigenvalue weighted by atomic mass is 9.82. The van der Waals surface area contributed by atoms with Crippen LogP contribution in [0.4, 0.5) is 0 Å². The van der Waals surface area contributed by atoms with Gasteiger partial charge in [-0.05, 0) is 56.4 Å². The van der Waals surface area contributed by atoms with Crippen LogP contribution >= 0.6 is 11.3 Å². The molecule has 9 heteroatoms. The molecule has 0 atom stereocenters.